The highest BCUT2D eigenvalue weighted by Crippen LogP contribution is 2.19. The lowest BCUT2D eigenvalue weighted by molar-refractivity contribution is -0.118. The van der Waals surface area contributed by atoms with Gasteiger partial charge in [-0.3, -0.25) is 9.59 Å². The first-order valence-corrected chi connectivity index (χ1v) is 8.60. The molecule has 0 aromatic heterocycles. The Kier molecular flexibility index (Phi) is 5.56. The predicted octanol–water partition coefficient (Wildman–Crippen LogP) is 2.80. The van der Waals surface area contributed by atoms with Gasteiger partial charge in [0.15, 0.2) is 0 Å². The van der Waals surface area contributed by atoms with E-state index >= 15 is 0 Å². The molecule has 0 aliphatic carbocycles. The number of anilines is 2. The molecule has 2 aromatic carbocycles. The molecule has 0 unspecified atom stereocenters. The summed E-state index contributed by atoms with van der Waals surface area (Å²) in [5, 5.41) is 3.57. The minimum Gasteiger partial charge on any atom is -0.368 e. The SMILES string of the molecule is O=CN1CCN(c2ccc(NC(=O)Cc3ccc(Cl)cc3)cc2)CC1. The van der Waals surface area contributed by atoms with E-state index in [-0.39, 0.29) is 5.91 Å². The first-order chi connectivity index (χ1) is 12.1. The summed E-state index contributed by atoms with van der Waals surface area (Å²) < 4.78 is 0. The van der Waals surface area contributed by atoms with Crippen LogP contribution in [0.2, 0.25) is 5.02 Å². The lowest BCUT2D eigenvalue weighted by atomic mass is 10.1. The summed E-state index contributed by atoms with van der Waals surface area (Å²) in [5.41, 5.74) is 2.79. The summed E-state index contributed by atoms with van der Waals surface area (Å²) in [6.45, 7) is 3.12. The van der Waals surface area contributed by atoms with Crippen LogP contribution >= 0.6 is 11.6 Å². The van der Waals surface area contributed by atoms with Crippen LogP contribution in [0.4, 0.5) is 11.4 Å². The molecule has 25 heavy (non-hydrogen) atoms. The summed E-state index contributed by atoms with van der Waals surface area (Å²) in [5.74, 6) is -0.0605. The molecule has 0 bridgehead atoms. The first kappa shape index (κ1) is 17.3. The molecular weight excluding hydrogens is 338 g/mol. The number of piperazine rings is 1. The van der Waals surface area contributed by atoms with Crippen LogP contribution in [0.5, 0.6) is 0 Å². The number of nitrogens with one attached hydrogen (secondary N) is 1. The Hall–Kier alpha value is -2.53. The van der Waals surface area contributed by atoms with Crippen LogP contribution in [0.1, 0.15) is 5.56 Å². The number of rotatable bonds is 5. The van der Waals surface area contributed by atoms with Gasteiger partial charge in [-0.2, -0.15) is 0 Å². The van der Waals surface area contributed by atoms with Crippen molar-refractivity contribution < 1.29 is 9.59 Å². The Morgan fingerprint density at radius 2 is 1.64 bits per heavy atom. The standard InChI is InChI=1S/C19H20ClN3O2/c20-16-3-1-15(2-4-16)13-19(25)21-17-5-7-18(8-6-17)23-11-9-22(14-24)10-12-23/h1-8,14H,9-13H2,(H,21,25). The Morgan fingerprint density at radius 3 is 2.24 bits per heavy atom. The third kappa shape index (κ3) is 4.73. The van der Waals surface area contributed by atoms with Crippen LogP contribution < -0.4 is 10.2 Å². The van der Waals surface area contributed by atoms with Crippen molar-refractivity contribution in [2.75, 3.05) is 36.4 Å². The molecule has 3 rings (SSSR count). The van der Waals surface area contributed by atoms with E-state index in [1.807, 2.05) is 36.4 Å². The molecule has 1 N–H and O–H groups in total. The van der Waals surface area contributed by atoms with Gasteiger partial charge >= 0.3 is 0 Å². The Bertz CT molecular complexity index is 723. The van der Waals surface area contributed by atoms with Crippen molar-refractivity contribution in [1.29, 1.82) is 0 Å². The van der Waals surface area contributed by atoms with Gasteiger partial charge in [0, 0.05) is 42.6 Å². The molecule has 2 aromatic rings. The molecule has 1 saturated heterocycles. The Morgan fingerprint density at radius 1 is 1.00 bits per heavy atom. The Labute approximate surface area is 152 Å². The molecule has 0 atom stereocenters. The van der Waals surface area contributed by atoms with Crippen LogP contribution in [-0.4, -0.2) is 43.4 Å². The summed E-state index contributed by atoms with van der Waals surface area (Å²) in [4.78, 5) is 26.9. The lowest BCUT2D eigenvalue weighted by Gasteiger charge is -2.34. The number of carbonyl (C=O) groups is 2. The van der Waals surface area contributed by atoms with Crippen LogP contribution in [-0.2, 0) is 16.0 Å². The van der Waals surface area contributed by atoms with Crippen molar-refractivity contribution in [3.8, 4) is 0 Å². The van der Waals surface area contributed by atoms with Crippen molar-refractivity contribution >= 4 is 35.3 Å². The molecule has 0 spiro atoms. The van der Waals surface area contributed by atoms with Crippen molar-refractivity contribution in [2.24, 2.45) is 0 Å². The highest BCUT2D eigenvalue weighted by Gasteiger charge is 2.15. The average Bonchev–Trinajstić information content (AvgIpc) is 2.64. The molecule has 0 saturated carbocycles. The maximum Gasteiger partial charge on any atom is 0.228 e. The zero-order valence-corrected chi connectivity index (χ0v) is 14.6. The molecule has 1 aliphatic rings. The zero-order chi connectivity index (χ0) is 17.6. The van der Waals surface area contributed by atoms with Gasteiger partial charge in [-0.05, 0) is 42.0 Å². The van der Waals surface area contributed by atoms with Crippen LogP contribution in [0, 0.1) is 0 Å². The van der Waals surface area contributed by atoms with Gasteiger partial charge in [0.25, 0.3) is 0 Å². The largest absolute Gasteiger partial charge is 0.368 e. The van der Waals surface area contributed by atoms with Crippen LogP contribution in [0.15, 0.2) is 48.5 Å². The summed E-state index contributed by atoms with van der Waals surface area (Å²) >= 11 is 5.85. The monoisotopic (exact) mass is 357 g/mol. The first-order valence-electron chi connectivity index (χ1n) is 8.23. The molecule has 0 radical (unpaired) electrons. The molecular formula is C19H20ClN3O2. The number of halogens is 1. The summed E-state index contributed by atoms with van der Waals surface area (Å²) in [6, 6.07) is 15.1. The number of amides is 2. The molecule has 130 valence electrons. The summed E-state index contributed by atoms with van der Waals surface area (Å²) in [7, 11) is 0. The van der Waals surface area contributed by atoms with Crippen molar-refractivity contribution in [3.05, 3.63) is 59.1 Å². The van der Waals surface area contributed by atoms with Gasteiger partial charge in [-0.1, -0.05) is 23.7 Å². The fourth-order valence-electron chi connectivity index (χ4n) is 2.83. The second kappa shape index (κ2) is 8.03. The van der Waals surface area contributed by atoms with Crippen molar-refractivity contribution in [1.82, 2.24) is 4.90 Å². The van der Waals surface area contributed by atoms with E-state index < -0.39 is 0 Å². The lowest BCUT2D eigenvalue weighted by Crippen LogP contribution is -2.45. The molecule has 2 amide bonds. The average molecular weight is 358 g/mol. The maximum atomic E-state index is 12.1. The number of hydrogen-bond donors (Lipinski definition) is 1. The van der Waals surface area contributed by atoms with Gasteiger partial charge < -0.3 is 15.1 Å². The van der Waals surface area contributed by atoms with Crippen LogP contribution in [0.25, 0.3) is 0 Å². The van der Waals surface area contributed by atoms with E-state index in [2.05, 4.69) is 10.2 Å². The summed E-state index contributed by atoms with van der Waals surface area (Å²) in [6.07, 6.45) is 1.21. The van der Waals surface area contributed by atoms with Gasteiger partial charge in [0.1, 0.15) is 0 Å². The highest BCUT2D eigenvalue weighted by atomic mass is 35.5. The topological polar surface area (TPSA) is 52.7 Å². The molecule has 6 heteroatoms. The van der Waals surface area contributed by atoms with Crippen molar-refractivity contribution in [2.45, 2.75) is 6.42 Å². The highest BCUT2D eigenvalue weighted by molar-refractivity contribution is 6.30. The second-order valence-corrected chi connectivity index (χ2v) is 6.46. The Balaban J connectivity index is 1.54. The second-order valence-electron chi connectivity index (χ2n) is 6.03. The number of nitrogens with zero attached hydrogens (tertiary/aromatic N) is 2. The number of hydrogen-bond acceptors (Lipinski definition) is 3. The third-order valence-corrected chi connectivity index (χ3v) is 4.51. The third-order valence-electron chi connectivity index (χ3n) is 4.26. The smallest absolute Gasteiger partial charge is 0.228 e. The maximum absolute atomic E-state index is 12.1. The van der Waals surface area contributed by atoms with E-state index in [0.717, 1.165) is 49.5 Å². The van der Waals surface area contributed by atoms with E-state index in [4.69, 9.17) is 11.6 Å². The van der Waals surface area contributed by atoms with Gasteiger partial charge in [-0.25, -0.2) is 0 Å². The van der Waals surface area contributed by atoms with Crippen LogP contribution in [0.3, 0.4) is 0 Å². The molecule has 5 nitrogen and oxygen atoms in total. The molecule has 1 heterocycles. The fourth-order valence-corrected chi connectivity index (χ4v) is 2.96. The van der Waals surface area contributed by atoms with E-state index in [1.54, 1.807) is 17.0 Å². The van der Waals surface area contributed by atoms with E-state index in [9.17, 15) is 9.59 Å². The van der Waals surface area contributed by atoms with E-state index in [1.165, 1.54) is 0 Å². The normalized spacial score (nSPS) is 14.3. The zero-order valence-electron chi connectivity index (χ0n) is 13.8. The van der Waals surface area contributed by atoms with Crippen molar-refractivity contribution in [3.63, 3.8) is 0 Å². The number of benzene rings is 2. The molecule has 1 fully saturated rings. The van der Waals surface area contributed by atoms with Gasteiger partial charge in [0.05, 0.1) is 6.42 Å². The van der Waals surface area contributed by atoms with Gasteiger partial charge in [-0.15, -0.1) is 0 Å². The fraction of sp³-hybridized carbons (Fsp3) is 0.263. The minimum absolute atomic E-state index is 0.0605. The predicted molar refractivity (Wildman–Crippen MR) is 100 cm³/mol. The quantitative estimate of drug-likeness (QED) is 0.837. The van der Waals surface area contributed by atoms with Gasteiger partial charge in [0.2, 0.25) is 12.3 Å². The van der Waals surface area contributed by atoms with E-state index in [0.29, 0.717) is 11.4 Å². The molecule has 1 aliphatic heterocycles. The minimum atomic E-state index is -0.0605. The number of carbonyl (C=O) groups excluding carboxylic acids is 2.